The van der Waals surface area contributed by atoms with Crippen molar-refractivity contribution in [3.63, 3.8) is 0 Å². The molecule has 1 saturated heterocycles. The van der Waals surface area contributed by atoms with Gasteiger partial charge in [-0.2, -0.15) is 0 Å². The lowest BCUT2D eigenvalue weighted by Gasteiger charge is -2.09. The quantitative estimate of drug-likeness (QED) is 0.789. The summed E-state index contributed by atoms with van der Waals surface area (Å²) < 4.78 is 10.6. The van der Waals surface area contributed by atoms with Crippen LogP contribution in [0.4, 0.5) is 0 Å². The SMILES string of the molecule is O=C(O)c1coc(CNCC2CCCO2)c1. The number of furan rings is 1. The maximum absolute atomic E-state index is 10.6. The van der Waals surface area contributed by atoms with Crippen LogP contribution in [0.3, 0.4) is 0 Å². The van der Waals surface area contributed by atoms with Crippen LogP contribution < -0.4 is 5.32 Å². The van der Waals surface area contributed by atoms with Gasteiger partial charge in [0.2, 0.25) is 0 Å². The van der Waals surface area contributed by atoms with Gasteiger partial charge in [0.05, 0.1) is 18.2 Å². The normalized spacial score (nSPS) is 20.1. The number of carboxylic acid groups (broad SMARTS) is 1. The maximum atomic E-state index is 10.6. The minimum Gasteiger partial charge on any atom is -0.478 e. The Morgan fingerprint density at radius 1 is 1.62 bits per heavy atom. The van der Waals surface area contributed by atoms with Crippen LogP contribution in [0.15, 0.2) is 16.7 Å². The standard InChI is InChI=1S/C11H15NO4/c13-11(14)8-4-10(16-7-8)6-12-5-9-2-1-3-15-9/h4,7,9,12H,1-3,5-6H2,(H,13,14). The van der Waals surface area contributed by atoms with Crippen molar-refractivity contribution in [3.05, 3.63) is 23.7 Å². The van der Waals surface area contributed by atoms with Gasteiger partial charge >= 0.3 is 5.97 Å². The summed E-state index contributed by atoms with van der Waals surface area (Å²) in [6, 6.07) is 1.53. The highest BCUT2D eigenvalue weighted by molar-refractivity contribution is 5.87. The topological polar surface area (TPSA) is 71.7 Å². The highest BCUT2D eigenvalue weighted by Crippen LogP contribution is 2.11. The van der Waals surface area contributed by atoms with E-state index in [0.717, 1.165) is 26.0 Å². The molecular formula is C11H15NO4. The molecule has 5 heteroatoms. The zero-order valence-electron chi connectivity index (χ0n) is 8.94. The van der Waals surface area contributed by atoms with Crippen LogP contribution >= 0.6 is 0 Å². The molecule has 0 saturated carbocycles. The van der Waals surface area contributed by atoms with E-state index >= 15 is 0 Å². The number of hydrogen-bond donors (Lipinski definition) is 2. The minimum atomic E-state index is -0.964. The van der Waals surface area contributed by atoms with Crippen molar-refractivity contribution >= 4 is 5.97 Å². The Morgan fingerprint density at radius 2 is 2.50 bits per heavy atom. The van der Waals surface area contributed by atoms with E-state index in [4.69, 9.17) is 14.3 Å². The molecule has 0 radical (unpaired) electrons. The number of nitrogens with one attached hydrogen (secondary N) is 1. The zero-order valence-corrected chi connectivity index (χ0v) is 8.94. The molecule has 88 valence electrons. The van der Waals surface area contributed by atoms with Crippen LogP contribution in [-0.2, 0) is 11.3 Å². The number of ether oxygens (including phenoxy) is 1. The Balaban J connectivity index is 1.74. The van der Waals surface area contributed by atoms with Gasteiger partial charge in [0.25, 0.3) is 0 Å². The molecule has 2 heterocycles. The summed E-state index contributed by atoms with van der Waals surface area (Å²) in [5, 5.41) is 11.9. The first kappa shape index (κ1) is 11.2. The predicted octanol–water partition coefficient (Wildman–Crippen LogP) is 1.25. The third kappa shape index (κ3) is 2.84. The van der Waals surface area contributed by atoms with Gasteiger partial charge < -0.3 is 19.6 Å². The van der Waals surface area contributed by atoms with E-state index in [1.165, 1.54) is 12.3 Å². The van der Waals surface area contributed by atoms with E-state index < -0.39 is 5.97 Å². The molecular weight excluding hydrogens is 210 g/mol. The third-order valence-corrected chi connectivity index (χ3v) is 2.60. The highest BCUT2D eigenvalue weighted by atomic mass is 16.5. The second-order valence-corrected chi connectivity index (χ2v) is 3.87. The minimum absolute atomic E-state index is 0.189. The second kappa shape index (κ2) is 5.14. The number of aromatic carboxylic acids is 1. The van der Waals surface area contributed by atoms with E-state index in [2.05, 4.69) is 5.32 Å². The summed E-state index contributed by atoms with van der Waals surface area (Å²) in [6.45, 7) is 2.16. The molecule has 0 bridgehead atoms. The van der Waals surface area contributed by atoms with Gasteiger partial charge in [0.15, 0.2) is 0 Å². The molecule has 5 nitrogen and oxygen atoms in total. The number of carbonyl (C=O) groups is 1. The van der Waals surface area contributed by atoms with Crippen LogP contribution in [0, 0.1) is 0 Å². The fraction of sp³-hybridized carbons (Fsp3) is 0.545. The molecule has 1 aromatic heterocycles. The van der Waals surface area contributed by atoms with Crippen molar-refractivity contribution in [1.82, 2.24) is 5.32 Å². The fourth-order valence-electron chi connectivity index (χ4n) is 1.75. The first-order valence-electron chi connectivity index (χ1n) is 5.39. The summed E-state index contributed by atoms with van der Waals surface area (Å²) in [5.41, 5.74) is 0.189. The summed E-state index contributed by atoms with van der Waals surface area (Å²) in [6.07, 6.45) is 3.75. The molecule has 1 atom stereocenters. The maximum Gasteiger partial charge on any atom is 0.338 e. The lowest BCUT2D eigenvalue weighted by atomic mass is 10.2. The summed E-state index contributed by atoms with van der Waals surface area (Å²) in [4.78, 5) is 10.6. The third-order valence-electron chi connectivity index (χ3n) is 2.60. The van der Waals surface area contributed by atoms with Gasteiger partial charge in [0, 0.05) is 13.2 Å². The Morgan fingerprint density at radius 3 is 3.12 bits per heavy atom. The van der Waals surface area contributed by atoms with E-state index in [9.17, 15) is 4.79 Å². The van der Waals surface area contributed by atoms with E-state index in [-0.39, 0.29) is 11.7 Å². The molecule has 1 aliphatic heterocycles. The Labute approximate surface area is 93.4 Å². The largest absolute Gasteiger partial charge is 0.478 e. The average Bonchev–Trinajstić information content (AvgIpc) is 2.87. The highest BCUT2D eigenvalue weighted by Gasteiger charge is 2.15. The molecule has 2 rings (SSSR count). The molecule has 0 amide bonds. The molecule has 16 heavy (non-hydrogen) atoms. The Bertz CT molecular complexity index is 355. The van der Waals surface area contributed by atoms with Crippen LogP contribution in [0.1, 0.15) is 29.0 Å². The molecule has 1 aliphatic rings. The molecule has 1 unspecified atom stereocenters. The number of hydrogen-bond acceptors (Lipinski definition) is 4. The molecule has 2 N–H and O–H groups in total. The van der Waals surface area contributed by atoms with Gasteiger partial charge in [-0.05, 0) is 18.9 Å². The molecule has 0 spiro atoms. The van der Waals surface area contributed by atoms with E-state index in [1.807, 2.05) is 0 Å². The molecule has 0 aromatic carbocycles. The second-order valence-electron chi connectivity index (χ2n) is 3.87. The summed E-state index contributed by atoms with van der Waals surface area (Å²) in [5.74, 6) is -0.329. The van der Waals surface area contributed by atoms with Gasteiger partial charge in [-0.3, -0.25) is 0 Å². The van der Waals surface area contributed by atoms with Crippen molar-refractivity contribution in [2.45, 2.75) is 25.5 Å². The van der Waals surface area contributed by atoms with Crippen molar-refractivity contribution in [3.8, 4) is 0 Å². The van der Waals surface area contributed by atoms with Crippen LogP contribution in [0.5, 0.6) is 0 Å². The van der Waals surface area contributed by atoms with Crippen molar-refractivity contribution in [1.29, 1.82) is 0 Å². The monoisotopic (exact) mass is 225 g/mol. The average molecular weight is 225 g/mol. The van der Waals surface area contributed by atoms with Crippen LogP contribution in [-0.4, -0.2) is 30.3 Å². The summed E-state index contributed by atoms with van der Waals surface area (Å²) in [7, 11) is 0. The predicted molar refractivity (Wildman–Crippen MR) is 56.3 cm³/mol. The fourth-order valence-corrected chi connectivity index (χ4v) is 1.75. The molecule has 1 aromatic rings. The van der Waals surface area contributed by atoms with Crippen LogP contribution in [0.2, 0.25) is 0 Å². The van der Waals surface area contributed by atoms with Crippen molar-refractivity contribution < 1.29 is 19.1 Å². The smallest absolute Gasteiger partial charge is 0.338 e. The lowest BCUT2D eigenvalue weighted by Crippen LogP contribution is -2.25. The Kier molecular flexibility index (Phi) is 3.58. The van der Waals surface area contributed by atoms with Gasteiger partial charge in [0.1, 0.15) is 12.0 Å². The molecule has 1 fully saturated rings. The number of carboxylic acids is 1. The van der Waals surface area contributed by atoms with E-state index in [0.29, 0.717) is 12.3 Å². The first-order chi connectivity index (χ1) is 7.75. The van der Waals surface area contributed by atoms with Gasteiger partial charge in [-0.15, -0.1) is 0 Å². The van der Waals surface area contributed by atoms with Crippen molar-refractivity contribution in [2.75, 3.05) is 13.2 Å². The van der Waals surface area contributed by atoms with E-state index in [1.54, 1.807) is 0 Å². The first-order valence-corrected chi connectivity index (χ1v) is 5.39. The Hall–Kier alpha value is -1.33. The lowest BCUT2D eigenvalue weighted by molar-refractivity contribution is 0.0696. The van der Waals surface area contributed by atoms with Crippen molar-refractivity contribution in [2.24, 2.45) is 0 Å². The zero-order chi connectivity index (χ0) is 11.4. The van der Waals surface area contributed by atoms with Crippen LogP contribution in [0.25, 0.3) is 0 Å². The van der Waals surface area contributed by atoms with Gasteiger partial charge in [-0.1, -0.05) is 0 Å². The number of rotatable bonds is 5. The van der Waals surface area contributed by atoms with Gasteiger partial charge in [-0.25, -0.2) is 4.79 Å². The molecule has 0 aliphatic carbocycles. The summed E-state index contributed by atoms with van der Waals surface area (Å²) >= 11 is 0.